The third-order valence-corrected chi connectivity index (χ3v) is 4.91. The van der Waals surface area contributed by atoms with Gasteiger partial charge in [0.25, 0.3) is 0 Å². The van der Waals surface area contributed by atoms with E-state index in [1.165, 1.54) is 77.0 Å². The van der Waals surface area contributed by atoms with E-state index in [0.717, 1.165) is 11.8 Å². The zero-order valence-electron chi connectivity index (χ0n) is 11.1. The molecule has 2 aliphatic carbocycles. The van der Waals surface area contributed by atoms with Crippen LogP contribution < -0.4 is 0 Å². The molecule has 2 aliphatic rings. The SMILES string of the molecule is CC[C](CC1CCCCC1)C1CCCCC1. The van der Waals surface area contributed by atoms with Gasteiger partial charge in [0.2, 0.25) is 0 Å². The molecular formula is C16H29. The molecule has 0 atom stereocenters. The molecule has 16 heavy (non-hydrogen) atoms. The summed E-state index contributed by atoms with van der Waals surface area (Å²) in [5.41, 5.74) is 0. The van der Waals surface area contributed by atoms with Crippen LogP contribution in [0.1, 0.15) is 84.0 Å². The van der Waals surface area contributed by atoms with Crippen molar-refractivity contribution in [2.75, 3.05) is 0 Å². The van der Waals surface area contributed by atoms with Crippen molar-refractivity contribution >= 4 is 0 Å². The van der Waals surface area contributed by atoms with E-state index in [-0.39, 0.29) is 0 Å². The third kappa shape index (κ3) is 3.50. The van der Waals surface area contributed by atoms with E-state index in [9.17, 15) is 0 Å². The second-order valence-electron chi connectivity index (χ2n) is 6.05. The van der Waals surface area contributed by atoms with E-state index in [4.69, 9.17) is 0 Å². The van der Waals surface area contributed by atoms with Gasteiger partial charge >= 0.3 is 0 Å². The molecule has 2 fully saturated rings. The fourth-order valence-corrected chi connectivity index (χ4v) is 3.87. The molecule has 0 saturated heterocycles. The van der Waals surface area contributed by atoms with Crippen molar-refractivity contribution in [2.24, 2.45) is 11.8 Å². The zero-order valence-corrected chi connectivity index (χ0v) is 11.1. The Morgan fingerprint density at radius 2 is 1.38 bits per heavy atom. The smallest absolute Gasteiger partial charge is 0.0210 e. The van der Waals surface area contributed by atoms with Gasteiger partial charge in [-0.3, -0.25) is 0 Å². The monoisotopic (exact) mass is 221 g/mol. The lowest BCUT2D eigenvalue weighted by atomic mass is 9.73. The topological polar surface area (TPSA) is 0 Å². The molecule has 0 heterocycles. The summed E-state index contributed by atoms with van der Waals surface area (Å²) in [4.78, 5) is 0. The molecule has 0 aliphatic heterocycles. The molecule has 0 aromatic carbocycles. The lowest BCUT2D eigenvalue weighted by molar-refractivity contribution is 0.289. The van der Waals surface area contributed by atoms with E-state index in [1.807, 2.05) is 5.92 Å². The van der Waals surface area contributed by atoms with E-state index < -0.39 is 0 Å². The normalized spacial score (nSPS) is 25.1. The lowest BCUT2D eigenvalue weighted by Crippen LogP contribution is -2.19. The minimum atomic E-state index is 1.01. The first-order valence-electron chi connectivity index (χ1n) is 7.74. The Bertz CT molecular complexity index is 172. The fraction of sp³-hybridized carbons (Fsp3) is 0.938. The largest absolute Gasteiger partial charge is 0.0648 e. The van der Waals surface area contributed by atoms with Crippen LogP contribution >= 0.6 is 0 Å². The van der Waals surface area contributed by atoms with Gasteiger partial charge in [-0.1, -0.05) is 58.3 Å². The van der Waals surface area contributed by atoms with Crippen LogP contribution in [0.25, 0.3) is 0 Å². The van der Waals surface area contributed by atoms with Crippen molar-refractivity contribution in [1.82, 2.24) is 0 Å². The fourth-order valence-electron chi connectivity index (χ4n) is 3.87. The zero-order chi connectivity index (χ0) is 11.2. The molecule has 93 valence electrons. The van der Waals surface area contributed by atoms with Crippen LogP contribution in [0.3, 0.4) is 0 Å². The molecule has 0 bridgehead atoms. The van der Waals surface area contributed by atoms with Crippen molar-refractivity contribution in [1.29, 1.82) is 0 Å². The molecular weight excluding hydrogens is 192 g/mol. The Morgan fingerprint density at radius 3 is 1.94 bits per heavy atom. The maximum Gasteiger partial charge on any atom is -0.0210 e. The van der Waals surface area contributed by atoms with Gasteiger partial charge in [-0.15, -0.1) is 0 Å². The average Bonchev–Trinajstić information content (AvgIpc) is 2.38. The molecule has 0 unspecified atom stereocenters. The van der Waals surface area contributed by atoms with Crippen LogP contribution in [-0.4, -0.2) is 0 Å². The molecule has 1 radical (unpaired) electrons. The minimum absolute atomic E-state index is 1.01. The first-order chi connectivity index (χ1) is 7.90. The Hall–Kier alpha value is 0. The summed E-state index contributed by atoms with van der Waals surface area (Å²) in [6.07, 6.45) is 17.9. The predicted molar refractivity (Wildman–Crippen MR) is 71.3 cm³/mol. The number of rotatable bonds is 4. The molecule has 0 N–H and O–H groups in total. The molecule has 2 rings (SSSR count). The molecule has 2 saturated carbocycles. The van der Waals surface area contributed by atoms with Crippen LogP contribution in [0.5, 0.6) is 0 Å². The first kappa shape index (κ1) is 12.5. The van der Waals surface area contributed by atoms with Crippen molar-refractivity contribution in [3.05, 3.63) is 5.92 Å². The van der Waals surface area contributed by atoms with Crippen molar-refractivity contribution in [3.8, 4) is 0 Å². The van der Waals surface area contributed by atoms with Crippen molar-refractivity contribution < 1.29 is 0 Å². The van der Waals surface area contributed by atoms with Crippen LogP contribution in [0.4, 0.5) is 0 Å². The van der Waals surface area contributed by atoms with E-state index in [0.29, 0.717) is 0 Å². The van der Waals surface area contributed by atoms with E-state index in [1.54, 1.807) is 0 Å². The summed E-state index contributed by atoms with van der Waals surface area (Å²) < 4.78 is 0. The van der Waals surface area contributed by atoms with Gasteiger partial charge in [0.05, 0.1) is 0 Å². The highest BCUT2D eigenvalue weighted by Gasteiger charge is 2.26. The number of hydrogen-bond donors (Lipinski definition) is 0. The van der Waals surface area contributed by atoms with Gasteiger partial charge in [0.15, 0.2) is 0 Å². The van der Waals surface area contributed by atoms with Gasteiger partial charge in [-0.05, 0) is 43.4 Å². The van der Waals surface area contributed by atoms with Gasteiger partial charge in [-0.25, -0.2) is 0 Å². The average molecular weight is 221 g/mol. The molecule has 0 heteroatoms. The predicted octanol–water partition coefficient (Wildman–Crippen LogP) is 5.52. The Morgan fingerprint density at radius 1 is 0.812 bits per heavy atom. The Balaban J connectivity index is 1.78. The summed E-state index contributed by atoms with van der Waals surface area (Å²) in [6.45, 7) is 2.40. The Labute approximate surface area is 102 Å². The standard InChI is InChI=1S/C16H29/c1-2-15(16-11-7-4-8-12-16)13-14-9-5-3-6-10-14/h14,16H,2-13H2,1H3. The van der Waals surface area contributed by atoms with Gasteiger partial charge in [0.1, 0.15) is 0 Å². The second-order valence-corrected chi connectivity index (χ2v) is 6.05. The van der Waals surface area contributed by atoms with Crippen LogP contribution in [-0.2, 0) is 0 Å². The third-order valence-electron chi connectivity index (χ3n) is 4.91. The summed E-state index contributed by atoms with van der Waals surface area (Å²) in [7, 11) is 0. The van der Waals surface area contributed by atoms with Crippen molar-refractivity contribution in [2.45, 2.75) is 84.0 Å². The molecule has 0 amide bonds. The second kappa shape index (κ2) is 6.67. The highest BCUT2D eigenvalue weighted by atomic mass is 14.3. The number of hydrogen-bond acceptors (Lipinski definition) is 0. The first-order valence-corrected chi connectivity index (χ1v) is 7.74. The van der Waals surface area contributed by atoms with Gasteiger partial charge in [-0.2, -0.15) is 0 Å². The highest BCUT2D eigenvalue weighted by molar-refractivity contribution is 4.98. The van der Waals surface area contributed by atoms with Gasteiger partial charge in [0, 0.05) is 0 Å². The Kier molecular flexibility index (Phi) is 5.19. The van der Waals surface area contributed by atoms with E-state index in [2.05, 4.69) is 6.92 Å². The quantitative estimate of drug-likeness (QED) is 0.586. The summed E-state index contributed by atoms with van der Waals surface area (Å²) >= 11 is 0. The molecule has 0 nitrogen and oxygen atoms in total. The summed E-state index contributed by atoms with van der Waals surface area (Å²) in [6, 6.07) is 0. The van der Waals surface area contributed by atoms with Gasteiger partial charge < -0.3 is 0 Å². The molecule has 0 aromatic heterocycles. The van der Waals surface area contributed by atoms with Crippen molar-refractivity contribution in [3.63, 3.8) is 0 Å². The summed E-state index contributed by atoms with van der Waals surface area (Å²) in [5, 5.41) is 0. The summed E-state index contributed by atoms with van der Waals surface area (Å²) in [5.74, 6) is 4.01. The van der Waals surface area contributed by atoms with Crippen LogP contribution in [0.2, 0.25) is 0 Å². The molecule has 0 aromatic rings. The maximum absolute atomic E-state index is 2.40. The minimum Gasteiger partial charge on any atom is -0.0648 e. The maximum atomic E-state index is 2.40. The highest BCUT2D eigenvalue weighted by Crippen LogP contribution is 2.39. The molecule has 0 spiro atoms. The van der Waals surface area contributed by atoms with E-state index >= 15 is 0 Å². The lowest BCUT2D eigenvalue weighted by Gasteiger charge is -2.33. The van der Waals surface area contributed by atoms with Crippen LogP contribution in [0.15, 0.2) is 0 Å². The van der Waals surface area contributed by atoms with Crippen LogP contribution in [0, 0.1) is 17.8 Å².